The maximum absolute atomic E-state index is 13.6. The molecular weight excluding hydrogens is 331 g/mol. The second kappa shape index (κ2) is 6.16. The van der Waals surface area contributed by atoms with E-state index in [0.29, 0.717) is 35.2 Å². The van der Waals surface area contributed by atoms with Crippen molar-refractivity contribution in [3.63, 3.8) is 0 Å². The summed E-state index contributed by atoms with van der Waals surface area (Å²) < 4.78 is 35.4. The van der Waals surface area contributed by atoms with Crippen molar-refractivity contribution in [1.29, 1.82) is 0 Å². The van der Waals surface area contributed by atoms with Gasteiger partial charge in [0.15, 0.2) is 11.5 Å². The first-order valence-corrected chi connectivity index (χ1v) is 7.79. The third-order valence-electron chi connectivity index (χ3n) is 4.19. The van der Waals surface area contributed by atoms with Gasteiger partial charge in [-0.2, -0.15) is 0 Å². The van der Waals surface area contributed by atoms with E-state index in [4.69, 9.17) is 24.1 Å². The Kier molecular flexibility index (Phi) is 3.83. The van der Waals surface area contributed by atoms with E-state index in [1.54, 1.807) is 18.2 Å². The molecule has 7 heteroatoms. The first kappa shape index (κ1) is 15.6. The Morgan fingerprint density at radius 2 is 2.08 bits per heavy atom. The van der Waals surface area contributed by atoms with Gasteiger partial charge in [0.25, 0.3) is 0 Å². The molecule has 0 saturated heterocycles. The first-order valence-electron chi connectivity index (χ1n) is 7.79. The lowest BCUT2D eigenvalue weighted by Crippen LogP contribution is -2.07. The van der Waals surface area contributed by atoms with E-state index in [1.165, 1.54) is 12.1 Å². The van der Waals surface area contributed by atoms with Crippen LogP contribution in [-0.4, -0.2) is 24.5 Å². The van der Waals surface area contributed by atoms with Gasteiger partial charge in [0.1, 0.15) is 23.9 Å². The highest BCUT2D eigenvalue weighted by Crippen LogP contribution is 2.40. The molecule has 0 spiro atoms. The zero-order valence-corrected chi connectivity index (χ0v) is 13.2. The lowest BCUT2D eigenvalue weighted by atomic mass is 9.98. The minimum absolute atomic E-state index is 0.0277. The molecule has 1 N–H and O–H groups in total. The molecule has 25 heavy (non-hydrogen) atoms. The smallest absolute Gasteiger partial charge is 0.304 e. The molecule has 2 aliphatic heterocycles. The molecule has 0 bridgehead atoms. The highest BCUT2D eigenvalue weighted by atomic mass is 19.1. The van der Waals surface area contributed by atoms with E-state index >= 15 is 0 Å². The van der Waals surface area contributed by atoms with Gasteiger partial charge in [-0.15, -0.1) is 0 Å². The van der Waals surface area contributed by atoms with E-state index in [-0.39, 0.29) is 25.7 Å². The summed E-state index contributed by atoms with van der Waals surface area (Å²) in [5, 5.41) is 8.93. The molecule has 4 rings (SSSR count). The van der Waals surface area contributed by atoms with Gasteiger partial charge in [-0.05, 0) is 12.1 Å². The Bertz CT molecular complexity index is 835. The van der Waals surface area contributed by atoms with Crippen LogP contribution in [0, 0.1) is 5.82 Å². The predicted octanol–water partition coefficient (Wildman–Crippen LogP) is 3.08. The number of halogens is 1. The highest BCUT2D eigenvalue weighted by Gasteiger charge is 2.27. The van der Waals surface area contributed by atoms with Crippen molar-refractivity contribution in [2.24, 2.45) is 0 Å². The molecule has 2 aromatic rings. The molecule has 130 valence electrons. The fourth-order valence-electron chi connectivity index (χ4n) is 3.04. The van der Waals surface area contributed by atoms with Crippen molar-refractivity contribution in [3.8, 4) is 23.0 Å². The standard InChI is InChI=1S/C18H15FO6/c19-12-3-11(18-16(5-12)24-9-25-18)8-22-13-1-2-14-10(4-17(20)21)7-23-15(14)6-13/h1-3,5-6,10H,4,7-9H2,(H,20,21). The zero-order chi connectivity index (χ0) is 17.4. The predicted molar refractivity (Wildman–Crippen MR) is 83.8 cm³/mol. The summed E-state index contributed by atoms with van der Waals surface area (Å²) in [4.78, 5) is 10.9. The average Bonchev–Trinajstić information content (AvgIpc) is 3.19. The van der Waals surface area contributed by atoms with Crippen LogP contribution in [0.25, 0.3) is 0 Å². The Labute approximate surface area is 142 Å². The molecule has 0 saturated carbocycles. The van der Waals surface area contributed by atoms with Gasteiger partial charge >= 0.3 is 5.97 Å². The SMILES string of the molecule is O=C(O)CC1COc2cc(OCc3cc(F)cc4c3OCO4)ccc21. The molecule has 2 aromatic carbocycles. The summed E-state index contributed by atoms with van der Waals surface area (Å²) >= 11 is 0. The molecule has 1 unspecified atom stereocenters. The van der Waals surface area contributed by atoms with Gasteiger partial charge in [0.05, 0.1) is 13.0 Å². The highest BCUT2D eigenvalue weighted by molar-refractivity contribution is 5.68. The van der Waals surface area contributed by atoms with Gasteiger partial charge in [0, 0.05) is 29.2 Å². The van der Waals surface area contributed by atoms with Gasteiger partial charge in [-0.25, -0.2) is 4.39 Å². The molecule has 0 amide bonds. The number of carbonyl (C=O) groups is 1. The maximum atomic E-state index is 13.6. The second-order valence-corrected chi connectivity index (χ2v) is 5.89. The number of rotatable bonds is 5. The molecule has 0 radical (unpaired) electrons. The van der Waals surface area contributed by atoms with Crippen LogP contribution in [0.5, 0.6) is 23.0 Å². The van der Waals surface area contributed by atoms with Crippen molar-refractivity contribution < 1.29 is 33.2 Å². The summed E-state index contributed by atoms with van der Waals surface area (Å²) in [5.74, 6) is 0.589. The van der Waals surface area contributed by atoms with Gasteiger partial charge in [0.2, 0.25) is 6.79 Å². The summed E-state index contributed by atoms with van der Waals surface area (Å²) in [5.41, 5.74) is 1.41. The number of carboxylic acids is 1. The number of hydrogen-bond donors (Lipinski definition) is 1. The Balaban J connectivity index is 1.49. The number of ether oxygens (including phenoxy) is 4. The van der Waals surface area contributed by atoms with Crippen LogP contribution < -0.4 is 18.9 Å². The summed E-state index contributed by atoms with van der Waals surface area (Å²) in [6.07, 6.45) is 0.0277. The number of benzene rings is 2. The summed E-state index contributed by atoms with van der Waals surface area (Å²) in [7, 11) is 0. The van der Waals surface area contributed by atoms with Gasteiger partial charge in [-0.3, -0.25) is 4.79 Å². The van der Waals surface area contributed by atoms with E-state index < -0.39 is 11.8 Å². The minimum atomic E-state index is -0.857. The molecular formula is C18H15FO6. The van der Waals surface area contributed by atoms with Crippen LogP contribution in [0.2, 0.25) is 0 Å². The van der Waals surface area contributed by atoms with Crippen LogP contribution >= 0.6 is 0 Å². The van der Waals surface area contributed by atoms with Crippen molar-refractivity contribution in [2.45, 2.75) is 18.9 Å². The Hall–Kier alpha value is -2.96. The van der Waals surface area contributed by atoms with E-state index in [2.05, 4.69) is 0 Å². The van der Waals surface area contributed by atoms with Crippen molar-refractivity contribution in [3.05, 3.63) is 47.3 Å². The zero-order valence-electron chi connectivity index (χ0n) is 13.2. The third-order valence-corrected chi connectivity index (χ3v) is 4.19. The molecule has 1 atom stereocenters. The molecule has 0 aromatic heterocycles. The van der Waals surface area contributed by atoms with Crippen molar-refractivity contribution in [1.82, 2.24) is 0 Å². The monoisotopic (exact) mass is 346 g/mol. The molecule has 6 nitrogen and oxygen atoms in total. The second-order valence-electron chi connectivity index (χ2n) is 5.89. The summed E-state index contributed by atoms with van der Waals surface area (Å²) in [6.45, 7) is 0.512. The topological polar surface area (TPSA) is 74.2 Å². The molecule has 0 aliphatic carbocycles. The third kappa shape index (κ3) is 3.05. The number of carboxylic acid groups (broad SMARTS) is 1. The van der Waals surface area contributed by atoms with Crippen LogP contribution in [0.1, 0.15) is 23.5 Å². The number of hydrogen-bond acceptors (Lipinski definition) is 5. The van der Waals surface area contributed by atoms with Crippen LogP contribution in [0.4, 0.5) is 4.39 Å². The minimum Gasteiger partial charge on any atom is -0.492 e. The Morgan fingerprint density at radius 3 is 2.92 bits per heavy atom. The normalized spacial score (nSPS) is 17.1. The van der Waals surface area contributed by atoms with Crippen molar-refractivity contribution in [2.75, 3.05) is 13.4 Å². The van der Waals surface area contributed by atoms with Crippen LogP contribution in [0.15, 0.2) is 30.3 Å². The van der Waals surface area contributed by atoms with Gasteiger partial charge in [-0.1, -0.05) is 6.07 Å². The van der Waals surface area contributed by atoms with E-state index in [9.17, 15) is 9.18 Å². The largest absolute Gasteiger partial charge is 0.492 e. The van der Waals surface area contributed by atoms with E-state index in [0.717, 1.165) is 5.56 Å². The fraction of sp³-hybridized carbons (Fsp3) is 0.278. The number of aliphatic carboxylic acids is 1. The summed E-state index contributed by atoms with van der Waals surface area (Å²) in [6, 6.07) is 7.89. The van der Waals surface area contributed by atoms with Crippen LogP contribution in [0.3, 0.4) is 0 Å². The molecule has 2 aliphatic rings. The lowest BCUT2D eigenvalue weighted by Gasteiger charge is -2.10. The molecule has 2 heterocycles. The number of fused-ring (bicyclic) bond motifs is 2. The maximum Gasteiger partial charge on any atom is 0.304 e. The fourth-order valence-corrected chi connectivity index (χ4v) is 3.04. The van der Waals surface area contributed by atoms with E-state index in [1.807, 2.05) is 0 Å². The lowest BCUT2D eigenvalue weighted by molar-refractivity contribution is -0.137. The van der Waals surface area contributed by atoms with Crippen LogP contribution in [-0.2, 0) is 11.4 Å². The van der Waals surface area contributed by atoms with Gasteiger partial charge < -0.3 is 24.1 Å². The average molecular weight is 346 g/mol. The molecule has 0 fully saturated rings. The van der Waals surface area contributed by atoms with Crippen molar-refractivity contribution >= 4 is 5.97 Å². The Morgan fingerprint density at radius 1 is 1.20 bits per heavy atom. The first-order chi connectivity index (χ1) is 12.1. The quantitative estimate of drug-likeness (QED) is 0.897.